The summed E-state index contributed by atoms with van der Waals surface area (Å²) in [6.07, 6.45) is 3.47. The highest BCUT2D eigenvalue weighted by atomic mass is 16.6. The maximum atomic E-state index is 11.4. The molecule has 0 spiro atoms. The Morgan fingerprint density at radius 1 is 1.29 bits per heavy atom. The molecule has 0 radical (unpaired) electrons. The Hall–Kier alpha value is -1.82. The van der Waals surface area contributed by atoms with Gasteiger partial charge in [-0.15, -0.1) is 0 Å². The predicted octanol–water partition coefficient (Wildman–Crippen LogP) is 2.20. The van der Waals surface area contributed by atoms with Crippen molar-refractivity contribution in [3.05, 3.63) is 29.1 Å². The Kier molecular flexibility index (Phi) is 6.42. The van der Waals surface area contributed by atoms with Gasteiger partial charge in [0.2, 0.25) is 0 Å². The van der Waals surface area contributed by atoms with Crippen LogP contribution in [0.25, 0.3) is 0 Å². The Balaban J connectivity index is 2.15. The fourth-order valence-corrected chi connectivity index (χ4v) is 1.74. The molecule has 0 aromatic carbocycles. The summed E-state index contributed by atoms with van der Waals surface area (Å²) in [4.78, 5) is 11.4. The van der Waals surface area contributed by atoms with Gasteiger partial charge in [0.25, 0.3) is 0 Å². The molecule has 1 amide bonds. The molecule has 3 N–H and O–H groups in total. The zero-order valence-corrected chi connectivity index (χ0v) is 13.5. The first-order valence-electron chi connectivity index (χ1n) is 7.12. The number of carbonyl (C=O) groups is 1. The number of ether oxygens (including phenoxy) is 1. The lowest BCUT2D eigenvalue weighted by molar-refractivity contribution is 0.0534. The number of rotatable bonds is 6. The number of nitrogens with one attached hydrogen (secondary N) is 3. The van der Waals surface area contributed by atoms with E-state index in [1.54, 1.807) is 0 Å². The topological polar surface area (TPSA) is 79.0 Å². The van der Waals surface area contributed by atoms with Crippen molar-refractivity contribution in [2.24, 2.45) is 0 Å². The van der Waals surface area contributed by atoms with Crippen molar-refractivity contribution < 1.29 is 9.53 Å². The van der Waals surface area contributed by atoms with Gasteiger partial charge >= 0.3 is 6.09 Å². The normalized spacial score (nSPS) is 11.9. The van der Waals surface area contributed by atoms with Crippen LogP contribution in [0.2, 0.25) is 0 Å². The quantitative estimate of drug-likeness (QED) is 0.555. The highest BCUT2D eigenvalue weighted by Crippen LogP contribution is 2.08. The maximum absolute atomic E-state index is 11.4. The average molecular weight is 294 g/mol. The molecular formula is C15H26N4O2. The summed E-state index contributed by atoms with van der Waals surface area (Å²) in [7, 11) is 0. The second-order valence-electron chi connectivity index (χ2n) is 5.90. The molecule has 0 atom stereocenters. The molecule has 0 fully saturated rings. The maximum Gasteiger partial charge on any atom is 0.407 e. The Morgan fingerprint density at radius 2 is 1.95 bits per heavy atom. The number of nitrogens with zero attached hydrogens (tertiary/aromatic N) is 1. The number of aromatic amines is 1. The minimum Gasteiger partial charge on any atom is -0.444 e. The molecule has 1 aromatic rings. The highest BCUT2D eigenvalue weighted by Gasteiger charge is 2.14. The fourth-order valence-electron chi connectivity index (χ4n) is 1.74. The summed E-state index contributed by atoms with van der Waals surface area (Å²) in [5, 5.41) is 13.1. The van der Waals surface area contributed by atoms with Gasteiger partial charge in [-0.3, -0.25) is 5.10 Å². The third-order valence-corrected chi connectivity index (χ3v) is 2.77. The smallest absolute Gasteiger partial charge is 0.407 e. The van der Waals surface area contributed by atoms with Crippen molar-refractivity contribution in [3.63, 3.8) is 0 Å². The van der Waals surface area contributed by atoms with E-state index in [-0.39, 0.29) is 0 Å². The molecule has 0 aliphatic rings. The molecule has 0 aliphatic carbocycles. The largest absolute Gasteiger partial charge is 0.444 e. The Labute approximate surface area is 126 Å². The monoisotopic (exact) mass is 294 g/mol. The molecule has 1 aromatic heterocycles. The van der Waals surface area contributed by atoms with Crippen LogP contribution in [0.3, 0.4) is 0 Å². The van der Waals surface area contributed by atoms with Gasteiger partial charge in [-0.05, 0) is 34.6 Å². The van der Waals surface area contributed by atoms with Crippen LogP contribution in [-0.4, -0.2) is 35.0 Å². The number of aryl methyl sites for hydroxylation is 2. The van der Waals surface area contributed by atoms with E-state index >= 15 is 0 Å². The van der Waals surface area contributed by atoms with E-state index in [4.69, 9.17) is 4.74 Å². The van der Waals surface area contributed by atoms with Gasteiger partial charge in [0.05, 0.1) is 5.69 Å². The number of amides is 1. The molecule has 0 saturated heterocycles. The van der Waals surface area contributed by atoms with Crippen molar-refractivity contribution in [3.8, 4) is 0 Å². The predicted molar refractivity (Wildman–Crippen MR) is 83.1 cm³/mol. The molecule has 1 heterocycles. The van der Waals surface area contributed by atoms with Crippen LogP contribution in [0.15, 0.2) is 12.2 Å². The van der Waals surface area contributed by atoms with Crippen LogP contribution >= 0.6 is 0 Å². The van der Waals surface area contributed by atoms with Gasteiger partial charge < -0.3 is 15.4 Å². The first-order valence-corrected chi connectivity index (χ1v) is 7.12. The minimum absolute atomic E-state index is 0.398. The average Bonchev–Trinajstić information content (AvgIpc) is 2.66. The van der Waals surface area contributed by atoms with Gasteiger partial charge in [-0.25, -0.2) is 4.79 Å². The van der Waals surface area contributed by atoms with Crippen molar-refractivity contribution >= 4 is 6.09 Å². The summed E-state index contributed by atoms with van der Waals surface area (Å²) in [5.41, 5.74) is 2.86. The van der Waals surface area contributed by atoms with Gasteiger partial charge in [0.15, 0.2) is 0 Å². The summed E-state index contributed by atoms with van der Waals surface area (Å²) >= 11 is 0. The summed E-state index contributed by atoms with van der Waals surface area (Å²) in [6, 6.07) is 0. The zero-order valence-electron chi connectivity index (χ0n) is 13.5. The molecule has 0 unspecified atom stereocenters. The fraction of sp³-hybridized carbons (Fsp3) is 0.600. The van der Waals surface area contributed by atoms with Crippen LogP contribution in [0.1, 0.15) is 37.7 Å². The van der Waals surface area contributed by atoms with Crippen molar-refractivity contribution in [2.45, 2.75) is 46.8 Å². The third kappa shape index (κ3) is 6.94. The molecule has 0 aliphatic heterocycles. The first-order chi connectivity index (χ1) is 9.79. The second kappa shape index (κ2) is 7.83. The number of hydrogen-bond acceptors (Lipinski definition) is 4. The standard InChI is InChI=1S/C15H26N4O2/c1-11-13(12(2)19-18-11)10-16-8-6-7-9-17-14(20)21-15(3,4)5/h6-7,16H,8-10H2,1-5H3,(H,17,20)(H,18,19)/b7-6+. The second-order valence-corrected chi connectivity index (χ2v) is 5.90. The van der Waals surface area contributed by atoms with Crippen molar-refractivity contribution in [1.82, 2.24) is 20.8 Å². The lowest BCUT2D eigenvalue weighted by atomic mass is 10.2. The Morgan fingerprint density at radius 3 is 2.52 bits per heavy atom. The van der Waals surface area contributed by atoms with E-state index in [0.717, 1.165) is 24.5 Å². The number of H-pyrrole nitrogens is 1. The van der Waals surface area contributed by atoms with Crippen molar-refractivity contribution in [2.75, 3.05) is 13.1 Å². The number of carbonyl (C=O) groups excluding carboxylic acids is 1. The lowest BCUT2D eigenvalue weighted by Crippen LogP contribution is -2.32. The van der Waals surface area contributed by atoms with E-state index in [9.17, 15) is 4.79 Å². The summed E-state index contributed by atoms with van der Waals surface area (Å²) < 4.78 is 5.13. The van der Waals surface area contributed by atoms with Crippen LogP contribution in [0, 0.1) is 13.8 Å². The van der Waals surface area contributed by atoms with Crippen molar-refractivity contribution in [1.29, 1.82) is 0 Å². The molecular weight excluding hydrogens is 268 g/mol. The van der Waals surface area contributed by atoms with Gasteiger partial charge in [-0.2, -0.15) is 5.10 Å². The summed E-state index contributed by atoms with van der Waals surface area (Å²) in [6.45, 7) is 11.5. The molecule has 6 nitrogen and oxygen atoms in total. The van der Waals surface area contributed by atoms with Crippen LogP contribution in [0.4, 0.5) is 4.79 Å². The van der Waals surface area contributed by atoms with Gasteiger partial charge in [-0.1, -0.05) is 12.2 Å². The molecule has 21 heavy (non-hydrogen) atoms. The van der Waals surface area contributed by atoms with E-state index < -0.39 is 11.7 Å². The molecule has 0 saturated carbocycles. The lowest BCUT2D eigenvalue weighted by Gasteiger charge is -2.19. The number of alkyl carbamates (subject to hydrolysis) is 1. The molecule has 1 rings (SSSR count). The highest BCUT2D eigenvalue weighted by molar-refractivity contribution is 5.67. The van der Waals surface area contributed by atoms with Gasteiger partial charge in [0.1, 0.15) is 5.60 Å². The SMILES string of the molecule is Cc1n[nH]c(C)c1CNC/C=C/CNC(=O)OC(C)(C)C. The number of hydrogen-bond donors (Lipinski definition) is 3. The van der Waals surface area contributed by atoms with Crippen LogP contribution in [0.5, 0.6) is 0 Å². The van der Waals surface area contributed by atoms with E-state index in [1.165, 1.54) is 5.56 Å². The Bertz CT molecular complexity index is 467. The zero-order chi connectivity index (χ0) is 15.9. The first kappa shape index (κ1) is 17.2. The summed E-state index contributed by atoms with van der Waals surface area (Å²) in [5.74, 6) is 0. The van der Waals surface area contributed by atoms with E-state index in [0.29, 0.717) is 6.54 Å². The minimum atomic E-state index is -0.463. The molecule has 118 valence electrons. The van der Waals surface area contributed by atoms with Gasteiger partial charge in [0, 0.05) is 30.9 Å². The van der Waals surface area contributed by atoms with Crippen LogP contribution < -0.4 is 10.6 Å². The third-order valence-electron chi connectivity index (χ3n) is 2.77. The van der Waals surface area contributed by atoms with E-state index in [1.807, 2.05) is 46.8 Å². The van der Waals surface area contributed by atoms with E-state index in [2.05, 4.69) is 20.8 Å². The molecule has 0 bridgehead atoms. The number of aromatic nitrogens is 2. The molecule has 6 heteroatoms. The van der Waals surface area contributed by atoms with Crippen LogP contribution in [-0.2, 0) is 11.3 Å².